The Morgan fingerprint density at radius 1 is 1.41 bits per heavy atom. The summed E-state index contributed by atoms with van der Waals surface area (Å²) < 4.78 is 5.20. The molecule has 7 nitrogen and oxygen atoms in total. The molecule has 5 N–H and O–H groups in total. The molecule has 1 aromatic heterocycles. The number of hydrogen-bond donors (Lipinski definition) is 3. The van der Waals surface area contributed by atoms with Gasteiger partial charge in [-0.05, 0) is 29.8 Å². The number of hydrogen-bond acceptors (Lipinski definition) is 4. The summed E-state index contributed by atoms with van der Waals surface area (Å²) in [7, 11) is 1.69. The fraction of sp³-hybridized carbons (Fsp3) is 0.200. The second-order valence-corrected chi connectivity index (χ2v) is 4.32. The van der Waals surface area contributed by atoms with Crippen LogP contribution in [-0.2, 0) is 16.0 Å². The van der Waals surface area contributed by atoms with Crippen molar-refractivity contribution < 1.29 is 30.3 Å². The molecule has 118 valence electrons. The highest BCUT2D eigenvalue weighted by atomic mass is 16.5. The summed E-state index contributed by atoms with van der Waals surface area (Å²) >= 11 is 0. The van der Waals surface area contributed by atoms with Crippen molar-refractivity contribution in [3.8, 4) is 5.75 Å². The van der Waals surface area contributed by atoms with E-state index >= 15 is 0 Å². The van der Waals surface area contributed by atoms with E-state index < -0.39 is 11.9 Å². The van der Waals surface area contributed by atoms with Crippen molar-refractivity contribution in [2.75, 3.05) is 13.7 Å². The number of carbonyl (C=O) groups is 2. The Labute approximate surface area is 127 Å². The summed E-state index contributed by atoms with van der Waals surface area (Å²) in [6.07, 6.45) is 4.00. The van der Waals surface area contributed by atoms with E-state index in [1.807, 2.05) is 12.1 Å². The van der Waals surface area contributed by atoms with Crippen molar-refractivity contribution in [1.29, 1.82) is 0 Å². The lowest BCUT2D eigenvalue weighted by Gasteiger charge is -2.00. The molecule has 1 heterocycles. The Morgan fingerprint density at radius 2 is 2.14 bits per heavy atom. The van der Waals surface area contributed by atoms with E-state index in [0.29, 0.717) is 12.2 Å². The van der Waals surface area contributed by atoms with Crippen LogP contribution in [0.3, 0.4) is 0 Å². The number of aromatic amines is 1. The molecular weight excluding hydrogens is 288 g/mol. The van der Waals surface area contributed by atoms with Gasteiger partial charge >= 0.3 is 5.97 Å². The van der Waals surface area contributed by atoms with Crippen molar-refractivity contribution in [3.63, 3.8) is 0 Å². The molecule has 0 atom stereocenters. The zero-order valence-corrected chi connectivity index (χ0v) is 12.2. The third-order valence-corrected chi connectivity index (χ3v) is 2.78. The van der Waals surface area contributed by atoms with Gasteiger partial charge in [0, 0.05) is 29.6 Å². The number of nitrogens with one attached hydrogen (secondary N) is 1. The highest BCUT2D eigenvalue weighted by molar-refractivity contribution is 5.88. The molecule has 22 heavy (non-hydrogen) atoms. The maximum absolute atomic E-state index is 9.53. The van der Waals surface area contributed by atoms with Crippen LogP contribution in [0.25, 0.3) is 10.9 Å². The smallest absolute Gasteiger partial charge is 0.328 e. The SMILES string of the molecule is COc1ccc2[nH]cc(CC[NH3+])c2c1.O=C([O-])/C=C\C(=O)O. The molecule has 0 saturated carbocycles. The van der Waals surface area contributed by atoms with Crippen molar-refractivity contribution in [1.82, 2.24) is 4.98 Å². The second-order valence-electron chi connectivity index (χ2n) is 4.32. The highest BCUT2D eigenvalue weighted by Gasteiger charge is 2.04. The molecule has 0 aliphatic rings. The number of H-pyrrole nitrogens is 1. The molecule has 2 rings (SSSR count). The van der Waals surface area contributed by atoms with E-state index in [1.165, 1.54) is 10.9 Å². The number of quaternary nitrogens is 1. The number of carboxylic acids is 2. The Hall–Kier alpha value is -2.80. The molecule has 0 radical (unpaired) electrons. The molecule has 0 bridgehead atoms. The molecule has 1 aromatic carbocycles. The number of carboxylic acid groups (broad SMARTS) is 2. The van der Waals surface area contributed by atoms with Crippen LogP contribution < -0.4 is 15.6 Å². The number of ether oxygens (including phenoxy) is 1. The Bertz CT molecular complexity index is 660. The van der Waals surface area contributed by atoms with Gasteiger partial charge in [0.2, 0.25) is 0 Å². The molecule has 0 aliphatic carbocycles. The number of aromatic nitrogens is 1. The van der Waals surface area contributed by atoms with Crippen LogP contribution in [0.15, 0.2) is 36.5 Å². The lowest BCUT2D eigenvalue weighted by molar-refractivity contribution is -0.366. The van der Waals surface area contributed by atoms with Gasteiger partial charge in [0.05, 0.1) is 19.6 Å². The number of fused-ring (bicyclic) bond motifs is 1. The van der Waals surface area contributed by atoms with Gasteiger partial charge in [-0.1, -0.05) is 0 Å². The van der Waals surface area contributed by atoms with Crippen LogP contribution >= 0.6 is 0 Å². The fourth-order valence-electron chi connectivity index (χ4n) is 1.82. The summed E-state index contributed by atoms with van der Waals surface area (Å²) in [6, 6.07) is 6.07. The van der Waals surface area contributed by atoms with Gasteiger partial charge in [0.1, 0.15) is 5.75 Å². The van der Waals surface area contributed by atoms with Crippen LogP contribution in [0.4, 0.5) is 0 Å². The lowest BCUT2D eigenvalue weighted by Crippen LogP contribution is -2.51. The number of benzene rings is 1. The van der Waals surface area contributed by atoms with E-state index in [4.69, 9.17) is 9.84 Å². The minimum absolute atomic E-state index is 0.447. The minimum atomic E-state index is -1.51. The molecule has 0 amide bonds. The van der Waals surface area contributed by atoms with Gasteiger partial charge < -0.3 is 30.5 Å². The van der Waals surface area contributed by atoms with E-state index in [-0.39, 0.29) is 0 Å². The predicted molar refractivity (Wildman–Crippen MR) is 78.1 cm³/mol. The molecule has 0 unspecified atom stereocenters. The summed E-state index contributed by atoms with van der Waals surface area (Å²) in [6.45, 7) is 0.921. The average Bonchev–Trinajstić information content (AvgIpc) is 2.88. The number of methoxy groups -OCH3 is 1. The molecular formula is C15H18N2O5. The summed E-state index contributed by atoms with van der Waals surface area (Å²) in [4.78, 5) is 22.2. The Morgan fingerprint density at radius 3 is 2.64 bits per heavy atom. The second kappa shape index (κ2) is 8.48. The highest BCUT2D eigenvalue weighted by Crippen LogP contribution is 2.23. The van der Waals surface area contributed by atoms with E-state index in [2.05, 4.69) is 23.0 Å². The maximum Gasteiger partial charge on any atom is 0.328 e. The minimum Gasteiger partial charge on any atom is -0.545 e. The summed E-state index contributed by atoms with van der Waals surface area (Å²) in [5.41, 5.74) is 6.34. The molecule has 0 aliphatic heterocycles. The topological polar surface area (TPSA) is 130 Å². The molecule has 7 heteroatoms. The zero-order valence-electron chi connectivity index (χ0n) is 12.2. The van der Waals surface area contributed by atoms with Gasteiger partial charge in [0.25, 0.3) is 0 Å². The van der Waals surface area contributed by atoms with Gasteiger partial charge in [-0.3, -0.25) is 0 Å². The predicted octanol–water partition coefficient (Wildman–Crippen LogP) is -0.662. The Kier molecular flexibility index (Phi) is 6.65. The van der Waals surface area contributed by atoms with Gasteiger partial charge in [-0.2, -0.15) is 0 Å². The standard InChI is InChI=1S/C11H14N2O.C4H4O4/c1-14-9-2-3-11-10(6-9)8(4-5-12)7-13-11;5-3(6)1-2-4(7)8/h2-3,6-7,13H,4-5,12H2,1H3;1-2H,(H,5,6)(H,7,8)/b;2-1-. The van der Waals surface area contributed by atoms with Crippen molar-refractivity contribution in [3.05, 3.63) is 42.1 Å². The van der Waals surface area contributed by atoms with Crippen LogP contribution in [-0.4, -0.2) is 35.7 Å². The van der Waals surface area contributed by atoms with Gasteiger partial charge in [-0.25, -0.2) is 4.79 Å². The monoisotopic (exact) mass is 306 g/mol. The lowest BCUT2D eigenvalue weighted by atomic mass is 10.1. The number of carbonyl (C=O) groups excluding carboxylic acids is 1. The first kappa shape index (κ1) is 17.3. The number of aliphatic carboxylic acids is 2. The molecule has 0 spiro atoms. The van der Waals surface area contributed by atoms with Crippen LogP contribution in [0.5, 0.6) is 5.75 Å². The first-order chi connectivity index (χ1) is 10.5. The maximum atomic E-state index is 9.53. The quantitative estimate of drug-likeness (QED) is 0.631. The van der Waals surface area contributed by atoms with E-state index in [1.54, 1.807) is 7.11 Å². The largest absolute Gasteiger partial charge is 0.545 e. The van der Waals surface area contributed by atoms with Crippen LogP contribution in [0, 0.1) is 0 Å². The van der Waals surface area contributed by atoms with Crippen molar-refractivity contribution >= 4 is 22.8 Å². The fourth-order valence-corrected chi connectivity index (χ4v) is 1.82. The molecule has 2 aromatic rings. The van der Waals surface area contributed by atoms with Gasteiger partial charge in [-0.15, -0.1) is 0 Å². The molecule has 0 saturated heterocycles. The van der Waals surface area contributed by atoms with E-state index in [0.717, 1.165) is 24.2 Å². The third kappa shape index (κ3) is 5.29. The first-order valence-electron chi connectivity index (χ1n) is 6.53. The first-order valence-corrected chi connectivity index (χ1v) is 6.53. The van der Waals surface area contributed by atoms with Crippen LogP contribution in [0.2, 0.25) is 0 Å². The zero-order chi connectivity index (χ0) is 16.5. The van der Waals surface area contributed by atoms with E-state index in [9.17, 15) is 14.7 Å². The molecule has 0 fully saturated rings. The normalized spacial score (nSPS) is 10.3. The Balaban J connectivity index is 0.000000261. The summed E-state index contributed by atoms with van der Waals surface area (Å²) in [5, 5.41) is 18.5. The third-order valence-electron chi connectivity index (χ3n) is 2.78. The number of rotatable bonds is 5. The summed E-state index contributed by atoms with van der Waals surface area (Å²) in [5.74, 6) is -1.90. The van der Waals surface area contributed by atoms with Crippen molar-refractivity contribution in [2.45, 2.75) is 6.42 Å². The van der Waals surface area contributed by atoms with Gasteiger partial charge in [0.15, 0.2) is 0 Å². The van der Waals surface area contributed by atoms with Crippen molar-refractivity contribution in [2.24, 2.45) is 0 Å². The average molecular weight is 306 g/mol. The van der Waals surface area contributed by atoms with Crippen LogP contribution in [0.1, 0.15) is 5.56 Å².